The lowest BCUT2D eigenvalue weighted by Gasteiger charge is -2.18. The van der Waals surface area contributed by atoms with Crippen LogP contribution in [0.2, 0.25) is 0 Å². The molecule has 0 fully saturated rings. The van der Waals surface area contributed by atoms with Gasteiger partial charge in [0.2, 0.25) is 0 Å². The maximum absolute atomic E-state index is 5.78. The highest BCUT2D eigenvalue weighted by atomic mass is 15.1. The average Bonchev–Trinajstić information content (AvgIpc) is 2.81. The highest BCUT2D eigenvalue weighted by molar-refractivity contribution is 5.35. The number of hydrogen-bond donors (Lipinski definition) is 1. The molecule has 1 unspecified atom stereocenters. The van der Waals surface area contributed by atoms with Crippen LogP contribution in [0.3, 0.4) is 0 Å². The summed E-state index contributed by atoms with van der Waals surface area (Å²) in [5, 5.41) is 0. The van der Waals surface area contributed by atoms with Gasteiger partial charge in [-0.2, -0.15) is 0 Å². The van der Waals surface area contributed by atoms with Gasteiger partial charge in [-0.3, -0.25) is 0 Å². The number of nitrogens with two attached hydrogens (primary N) is 1. The Morgan fingerprint density at radius 1 is 1.22 bits per heavy atom. The van der Waals surface area contributed by atoms with E-state index in [1.165, 1.54) is 24.8 Å². The first kappa shape index (κ1) is 13.6. The molecule has 2 heteroatoms. The van der Waals surface area contributed by atoms with Crippen LogP contribution in [-0.4, -0.2) is 31.1 Å². The van der Waals surface area contributed by atoms with Gasteiger partial charge in [-0.1, -0.05) is 18.2 Å². The smallest absolute Gasteiger partial charge is 0.00226 e. The molecule has 0 amide bonds. The van der Waals surface area contributed by atoms with E-state index in [9.17, 15) is 0 Å². The zero-order valence-corrected chi connectivity index (χ0v) is 11.8. The van der Waals surface area contributed by atoms with Crippen molar-refractivity contribution in [2.24, 2.45) is 5.73 Å². The molecule has 100 valence electrons. The predicted molar refractivity (Wildman–Crippen MR) is 77.9 cm³/mol. The van der Waals surface area contributed by atoms with Crippen molar-refractivity contribution in [1.82, 2.24) is 4.90 Å². The molecule has 0 aliphatic heterocycles. The summed E-state index contributed by atoms with van der Waals surface area (Å²) in [6, 6.07) is 7.37. The van der Waals surface area contributed by atoms with E-state index in [2.05, 4.69) is 37.1 Å². The number of likely N-dealkylation sites (N-methyl/N-ethyl adjacent to an activating group) is 1. The number of hydrogen-bond acceptors (Lipinski definition) is 2. The van der Waals surface area contributed by atoms with Gasteiger partial charge in [0.25, 0.3) is 0 Å². The average molecular weight is 246 g/mol. The van der Waals surface area contributed by atoms with E-state index >= 15 is 0 Å². The van der Waals surface area contributed by atoms with Gasteiger partial charge < -0.3 is 10.6 Å². The fourth-order valence-electron chi connectivity index (χ4n) is 2.64. The second-order valence-corrected chi connectivity index (χ2v) is 5.78. The Kier molecular flexibility index (Phi) is 4.79. The lowest BCUT2D eigenvalue weighted by Crippen LogP contribution is -2.27. The van der Waals surface area contributed by atoms with Gasteiger partial charge >= 0.3 is 0 Å². The Morgan fingerprint density at radius 2 is 2.00 bits per heavy atom. The van der Waals surface area contributed by atoms with Crippen molar-refractivity contribution in [2.75, 3.05) is 20.1 Å². The fraction of sp³-hybridized carbons (Fsp3) is 0.625. The number of nitrogens with zero attached hydrogens (tertiary/aromatic N) is 1. The normalized spacial score (nSPS) is 16.0. The molecule has 1 aliphatic rings. The number of fused-ring (bicyclic) bond motifs is 1. The van der Waals surface area contributed by atoms with Gasteiger partial charge in [0, 0.05) is 12.6 Å². The summed E-state index contributed by atoms with van der Waals surface area (Å²) in [5.41, 5.74) is 10.4. The molecular weight excluding hydrogens is 220 g/mol. The van der Waals surface area contributed by atoms with Gasteiger partial charge in [-0.25, -0.2) is 0 Å². The van der Waals surface area contributed by atoms with Crippen molar-refractivity contribution in [3.8, 4) is 0 Å². The SMILES string of the molecule is CC(N)CCN(C)CCc1ccc2c(c1)CCC2. The Morgan fingerprint density at radius 3 is 2.78 bits per heavy atom. The molecule has 2 N–H and O–H groups in total. The van der Waals surface area contributed by atoms with Crippen LogP contribution in [0.1, 0.15) is 36.5 Å². The molecule has 1 aromatic carbocycles. The number of benzene rings is 1. The van der Waals surface area contributed by atoms with Crippen LogP contribution in [-0.2, 0) is 19.3 Å². The molecule has 1 atom stereocenters. The summed E-state index contributed by atoms with van der Waals surface area (Å²) in [5.74, 6) is 0. The highest BCUT2D eigenvalue weighted by Crippen LogP contribution is 2.22. The summed E-state index contributed by atoms with van der Waals surface area (Å²) >= 11 is 0. The van der Waals surface area contributed by atoms with Crippen molar-refractivity contribution in [3.63, 3.8) is 0 Å². The molecule has 0 spiro atoms. The van der Waals surface area contributed by atoms with Gasteiger partial charge in [0.05, 0.1) is 0 Å². The van der Waals surface area contributed by atoms with Crippen LogP contribution in [0.4, 0.5) is 0 Å². The molecule has 0 bridgehead atoms. The number of aryl methyl sites for hydroxylation is 2. The second-order valence-electron chi connectivity index (χ2n) is 5.78. The summed E-state index contributed by atoms with van der Waals surface area (Å²) < 4.78 is 0. The van der Waals surface area contributed by atoms with E-state index in [-0.39, 0.29) is 0 Å². The van der Waals surface area contributed by atoms with Crippen LogP contribution < -0.4 is 5.73 Å². The van der Waals surface area contributed by atoms with Crippen LogP contribution in [0.15, 0.2) is 18.2 Å². The van der Waals surface area contributed by atoms with Crippen LogP contribution in [0.5, 0.6) is 0 Å². The highest BCUT2D eigenvalue weighted by Gasteiger charge is 2.10. The maximum Gasteiger partial charge on any atom is 0.00226 e. The monoisotopic (exact) mass is 246 g/mol. The Hall–Kier alpha value is -0.860. The topological polar surface area (TPSA) is 29.3 Å². The van der Waals surface area contributed by atoms with Crippen molar-refractivity contribution in [1.29, 1.82) is 0 Å². The minimum absolute atomic E-state index is 0.312. The first-order chi connectivity index (χ1) is 8.65. The molecule has 0 saturated heterocycles. The molecular formula is C16H26N2. The first-order valence-electron chi connectivity index (χ1n) is 7.20. The molecule has 18 heavy (non-hydrogen) atoms. The fourth-order valence-corrected chi connectivity index (χ4v) is 2.64. The van der Waals surface area contributed by atoms with Gasteiger partial charge in [-0.15, -0.1) is 0 Å². The van der Waals surface area contributed by atoms with E-state index in [1.807, 2.05) is 0 Å². The lowest BCUT2D eigenvalue weighted by molar-refractivity contribution is 0.324. The third kappa shape index (κ3) is 3.82. The largest absolute Gasteiger partial charge is 0.328 e. The molecule has 0 aromatic heterocycles. The number of rotatable bonds is 6. The molecule has 2 rings (SSSR count). The van der Waals surface area contributed by atoms with Crippen LogP contribution >= 0.6 is 0 Å². The van der Waals surface area contributed by atoms with E-state index in [0.29, 0.717) is 6.04 Å². The third-order valence-electron chi connectivity index (χ3n) is 3.91. The zero-order valence-electron chi connectivity index (χ0n) is 11.8. The van der Waals surface area contributed by atoms with E-state index in [1.54, 1.807) is 11.1 Å². The Labute approximate surface area is 111 Å². The minimum atomic E-state index is 0.312. The lowest BCUT2D eigenvalue weighted by atomic mass is 10.0. The summed E-state index contributed by atoms with van der Waals surface area (Å²) in [6.45, 7) is 4.31. The first-order valence-corrected chi connectivity index (χ1v) is 7.20. The van der Waals surface area contributed by atoms with Crippen molar-refractivity contribution < 1.29 is 0 Å². The molecule has 2 nitrogen and oxygen atoms in total. The summed E-state index contributed by atoms with van der Waals surface area (Å²) in [6.07, 6.45) is 6.14. The molecule has 1 aromatic rings. The quantitative estimate of drug-likeness (QED) is 0.835. The van der Waals surface area contributed by atoms with Crippen LogP contribution in [0.25, 0.3) is 0 Å². The van der Waals surface area contributed by atoms with Crippen molar-refractivity contribution >= 4 is 0 Å². The van der Waals surface area contributed by atoms with Crippen molar-refractivity contribution in [3.05, 3.63) is 34.9 Å². The van der Waals surface area contributed by atoms with Gasteiger partial charge in [0.15, 0.2) is 0 Å². The van der Waals surface area contributed by atoms with E-state index < -0.39 is 0 Å². The standard InChI is InChI=1S/C16H26N2/c1-13(17)8-10-18(2)11-9-14-6-7-15-4-3-5-16(15)12-14/h6-7,12-13H,3-5,8-11,17H2,1-2H3. The van der Waals surface area contributed by atoms with Gasteiger partial charge in [0.1, 0.15) is 0 Å². The molecule has 0 heterocycles. The van der Waals surface area contributed by atoms with E-state index in [4.69, 9.17) is 5.73 Å². The minimum Gasteiger partial charge on any atom is -0.328 e. The van der Waals surface area contributed by atoms with Gasteiger partial charge in [-0.05, 0) is 69.3 Å². The molecule has 0 radical (unpaired) electrons. The Balaban J connectivity index is 1.79. The summed E-state index contributed by atoms with van der Waals surface area (Å²) in [4.78, 5) is 2.39. The summed E-state index contributed by atoms with van der Waals surface area (Å²) in [7, 11) is 2.19. The second kappa shape index (κ2) is 6.35. The van der Waals surface area contributed by atoms with Crippen molar-refractivity contribution in [2.45, 2.75) is 45.1 Å². The van der Waals surface area contributed by atoms with Crippen LogP contribution in [0, 0.1) is 0 Å². The zero-order chi connectivity index (χ0) is 13.0. The molecule has 1 aliphatic carbocycles. The van der Waals surface area contributed by atoms with E-state index in [0.717, 1.165) is 25.9 Å². The maximum atomic E-state index is 5.78. The third-order valence-corrected chi connectivity index (χ3v) is 3.91. The predicted octanol–water partition coefficient (Wildman–Crippen LogP) is 2.39. The Bertz CT molecular complexity index is 385. The molecule has 0 saturated carbocycles.